The van der Waals surface area contributed by atoms with Gasteiger partial charge in [-0.3, -0.25) is 0 Å². The van der Waals surface area contributed by atoms with Crippen LogP contribution in [0, 0.1) is 0 Å². The van der Waals surface area contributed by atoms with Gasteiger partial charge in [0.1, 0.15) is 0 Å². The minimum atomic E-state index is 0.711. The summed E-state index contributed by atoms with van der Waals surface area (Å²) in [5, 5.41) is 0. The molecule has 13 heavy (non-hydrogen) atoms. The summed E-state index contributed by atoms with van der Waals surface area (Å²) in [5.74, 6) is 0. The van der Waals surface area contributed by atoms with Gasteiger partial charge < -0.3 is 5.73 Å². The first-order chi connectivity index (χ1) is 6.27. The summed E-state index contributed by atoms with van der Waals surface area (Å²) in [6.45, 7) is 4.67. The average Bonchev–Trinajstić information content (AvgIpc) is 2.18. The molecule has 0 heterocycles. The van der Waals surface area contributed by atoms with Gasteiger partial charge in [0.2, 0.25) is 0 Å². The molecule has 0 aliphatic carbocycles. The van der Waals surface area contributed by atoms with Crippen molar-refractivity contribution in [1.82, 2.24) is 0 Å². The lowest BCUT2D eigenvalue weighted by atomic mass is 10.1. The summed E-state index contributed by atoms with van der Waals surface area (Å²) in [7, 11) is 0. The van der Waals surface area contributed by atoms with Crippen LogP contribution in [0.2, 0.25) is 0 Å². The summed E-state index contributed by atoms with van der Waals surface area (Å²) in [6.07, 6.45) is 2.99. The molecule has 0 amide bonds. The minimum absolute atomic E-state index is 0.711. The third-order valence-corrected chi connectivity index (χ3v) is 2.68. The lowest BCUT2D eigenvalue weighted by Gasteiger charge is -2.03. The zero-order chi connectivity index (χ0) is 9.68. The molecule has 0 saturated carbocycles. The molecule has 0 aliphatic heterocycles. The second-order valence-corrected chi connectivity index (χ2v) is 3.76. The first kappa shape index (κ1) is 10.4. The lowest BCUT2D eigenvalue weighted by Crippen LogP contribution is -2.02. The van der Waals surface area contributed by atoms with Crippen molar-refractivity contribution < 1.29 is 0 Å². The normalized spacial score (nSPS) is 10.0. The Hall–Kier alpha value is -0.730. The van der Waals surface area contributed by atoms with Crippen LogP contribution in [0.4, 0.5) is 0 Å². The summed E-state index contributed by atoms with van der Waals surface area (Å²) in [6, 6.07) is 8.43. The van der Waals surface area contributed by atoms with Gasteiger partial charge in [0.05, 0.1) is 0 Å². The molecule has 0 atom stereocenters. The molecule has 0 radical (unpaired) electrons. The van der Waals surface area contributed by atoms with Gasteiger partial charge in [-0.15, -0.1) is 11.8 Å². The third kappa shape index (κ3) is 2.90. The maximum absolute atomic E-state index is 5.46. The second kappa shape index (κ2) is 5.10. The molecule has 2 N–H and O–H groups in total. The number of hydrogen-bond donors (Lipinski definition) is 1. The molecule has 1 rings (SSSR count). The van der Waals surface area contributed by atoms with E-state index in [1.54, 1.807) is 11.8 Å². The monoisotopic (exact) mass is 193 g/mol. The van der Waals surface area contributed by atoms with Gasteiger partial charge in [0.25, 0.3) is 0 Å². The largest absolute Gasteiger partial charge is 0.330 e. The van der Waals surface area contributed by atoms with E-state index in [-0.39, 0.29) is 0 Å². The molecular formula is C11H15NS. The van der Waals surface area contributed by atoms with Crippen molar-refractivity contribution in [3.05, 3.63) is 42.0 Å². The molecule has 0 aliphatic rings. The quantitative estimate of drug-likeness (QED) is 0.795. The summed E-state index contributed by atoms with van der Waals surface area (Å²) in [5.41, 5.74) is 7.96. The zero-order valence-corrected chi connectivity index (χ0v) is 8.73. The number of nitrogens with two attached hydrogens (primary N) is 1. The predicted molar refractivity (Wildman–Crippen MR) is 61.7 cm³/mol. The Bertz CT molecular complexity index is 277. The van der Waals surface area contributed by atoms with E-state index in [1.807, 2.05) is 6.26 Å². The Balaban J connectivity index is 2.75. The van der Waals surface area contributed by atoms with Gasteiger partial charge in [0, 0.05) is 4.91 Å². The molecule has 0 fully saturated rings. The van der Waals surface area contributed by atoms with Crippen molar-refractivity contribution in [1.29, 1.82) is 0 Å². The number of benzene rings is 1. The van der Waals surface area contributed by atoms with Gasteiger partial charge >= 0.3 is 0 Å². The van der Waals surface area contributed by atoms with Crippen LogP contribution < -0.4 is 5.73 Å². The van der Waals surface area contributed by atoms with Crippen LogP contribution in [0.15, 0.2) is 30.8 Å². The highest BCUT2D eigenvalue weighted by Gasteiger charge is 1.96. The van der Waals surface area contributed by atoms with Crippen LogP contribution in [0.3, 0.4) is 0 Å². The first-order valence-corrected chi connectivity index (χ1v) is 5.52. The van der Waals surface area contributed by atoms with Crippen molar-refractivity contribution in [2.75, 3.05) is 12.8 Å². The van der Waals surface area contributed by atoms with Gasteiger partial charge in [0.15, 0.2) is 0 Å². The van der Waals surface area contributed by atoms with Crippen LogP contribution in [0.25, 0.3) is 4.91 Å². The fraction of sp³-hybridized carbons (Fsp3) is 0.273. The van der Waals surface area contributed by atoms with E-state index in [9.17, 15) is 0 Å². The van der Waals surface area contributed by atoms with Gasteiger partial charge in [-0.25, -0.2) is 0 Å². The number of hydrogen-bond acceptors (Lipinski definition) is 2. The van der Waals surface area contributed by atoms with E-state index in [0.717, 1.165) is 11.3 Å². The van der Waals surface area contributed by atoms with Gasteiger partial charge in [-0.1, -0.05) is 30.8 Å². The maximum atomic E-state index is 5.46. The van der Waals surface area contributed by atoms with Crippen molar-refractivity contribution in [2.24, 2.45) is 5.73 Å². The van der Waals surface area contributed by atoms with E-state index >= 15 is 0 Å². The molecule has 0 aromatic heterocycles. The molecule has 1 aromatic carbocycles. The van der Waals surface area contributed by atoms with Crippen LogP contribution in [-0.2, 0) is 6.42 Å². The topological polar surface area (TPSA) is 26.0 Å². The molecule has 0 saturated heterocycles. The Labute approximate surface area is 84.0 Å². The summed E-state index contributed by atoms with van der Waals surface area (Å²) in [4.78, 5) is 1.11. The van der Waals surface area contributed by atoms with Crippen LogP contribution >= 0.6 is 11.8 Å². The highest BCUT2D eigenvalue weighted by Crippen LogP contribution is 2.22. The smallest absolute Gasteiger partial charge is 0.00697 e. The van der Waals surface area contributed by atoms with Crippen LogP contribution in [0.5, 0.6) is 0 Å². The highest BCUT2D eigenvalue weighted by atomic mass is 32.2. The molecule has 70 valence electrons. The molecular weight excluding hydrogens is 178 g/mol. The van der Waals surface area contributed by atoms with E-state index in [0.29, 0.717) is 6.54 Å². The Kier molecular flexibility index (Phi) is 4.06. The van der Waals surface area contributed by atoms with Crippen LogP contribution in [0.1, 0.15) is 11.1 Å². The van der Waals surface area contributed by atoms with Crippen LogP contribution in [-0.4, -0.2) is 12.8 Å². The number of thioether (sulfide) groups is 1. The summed E-state index contributed by atoms with van der Waals surface area (Å²) < 4.78 is 0. The van der Waals surface area contributed by atoms with Crippen molar-refractivity contribution in [3.63, 3.8) is 0 Å². The molecule has 1 nitrogen and oxygen atoms in total. The zero-order valence-electron chi connectivity index (χ0n) is 7.92. The van der Waals surface area contributed by atoms with E-state index in [4.69, 9.17) is 5.73 Å². The molecule has 2 heteroatoms. The Morgan fingerprint density at radius 1 is 1.38 bits per heavy atom. The lowest BCUT2D eigenvalue weighted by molar-refractivity contribution is 0.969. The molecule has 1 aromatic rings. The molecule has 0 bridgehead atoms. The van der Waals surface area contributed by atoms with Gasteiger partial charge in [-0.2, -0.15) is 0 Å². The van der Waals surface area contributed by atoms with Crippen molar-refractivity contribution >= 4 is 16.7 Å². The van der Waals surface area contributed by atoms with Crippen molar-refractivity contribution in [3.8, 4) is 0 Å². The highest BCUT2D eigenvalue weighted by molar-refractivity contribution is 8.07. The SMILES string of the molecule is C=C(SC)c1ccc(CCN)cc1. The fourth-order valence-corrected chi connectivity index (χ4v) is 1.51. The Morgan fingerprint density at radius 2 is 2.00 bits per heavy atom. The van der Waals surface area contributed by atoms with Crippen molar-refractivity contribution in [2.45, 2.75) is 6.42 Å². The molecule has 0 unspecified atom stereocenters. The minimum Gasteiger partial charge on any atom is -0.330 e. The maximum Gasteiger partial charge on any atom is 0.00697 e. The van der Waals surface area contributed by atoms with E-state index < -0.39 is 0 Å². The average molecular weight is 193 g/mol. The standard InChI is InChI=1S/C11H15NS/c1-9(13-2)11-5-3-10(4-6-11)7-8-12/h3-6H,1,7-8,12H2,2H3. The molecule has 0 spiro atoms. The second-order valence-electron chi connectivity index (χ2n) is 2.86. The van der Waals surface area contributed by atoms with E-state index in [1.165, 1.54) is 11.1 Å². The Morgan fingerprint density at radius 3 is 2.46 bits per heavy atom. The fourth-order valence-electron chi connectivity index (χ4n) is 1.14. The van der Waals surface area contributed by atoms with E-state index in [2.05, 4.69) is 30.8 Å². The summed E-state index contributed by atoms with van der Waals surface area (Å²) >= 11 is 1.68. The third-order valence-electron chi connectivity index (χ3n) is 1.96. The predicted octanol–water partition coefficient (Wildman–Crippen LogP) is 2.52. The number of rotatable bonds is 4. The first-order valence-electron chi connectivity index (χ1n) is 4.30. The van der Waals surface area contributed by atoms with Gasteiger partial charge in [-0.05, 0) is 30.3 Å².